The van der Waals surface area contributed by atoms with Gasteiger partial charge in [0.2, 0.25) is 0 Å². The molecule has 0 amide bonds. The third kappa shape index (κ3) is 4.55. The summed E-state index contributed by atoms with van der Waals surface area (Å²) in [6.07, 6.45) is 1.86. The van der Waals surface area contributed by atoms with Gasteiger partial charge in [0.05, 0.1) is 0 Å². The first-order chi connectivity index (χ1) is 9.69. The van der Waals surface area contributed by atoms with Gasteiger partial charge in [0, 0.05) is 21.7 Å². The van der Waals surface area contributed by atoms with E-state index in [1.54, 1.807) is 0 Å². The Morgan fingerprint density at radius 2 is 1.90 bits per heavy atom. The van der Waals surface area contributed by atoms with Gasteiger partial charge in [-0.05, 0) is 42.2 Å². The Kier molecular flexibility index (Phi) is 5.96. The lowest BCUT2D eigenvalue weighted by molar-refractivity contribution is 0.641. The lowest BCUT2D eigenvalue weighted by atomic mass is 10.0. The van der Waals surface area contributed by atoms with E-state index >= 15 is 0 Å². The van der Waals surface area contributed by atoms with Crippen molar-refractivity contribution in [2.45, 2.75) is 36.5 Å². The van der Waals surface area contributed by atoms with E-state index in [0.29, 0.717) is 0 Å². The van der Waals surface area contributed by atoms with E-state index in [1.807, 2.05) is 30.0 Å². The fraction of sp³-hybridized carbons (Fsp3) is 0.294. The fourth-order valence-corrected chi connectivity index (χ4v) is 3.21. The van der Waals surface area contributed by atoms with Crippen molar-refractivity contribution >= 4 is 23.4 Å². The van der Waals surface area contributed by atoms with Crippen LogP contribution in [0.25, 0.3) is 0 Å². The summed E-state index contributed by atoms with van der Waals surface area (Å²) in [5.41, 5.74) is 8.67. The van der Waals surface area contributed by atoms with Crippen LogP contribution in [0.5, 0.6) is 0 Å². The number of halogens is 1. The number of rotatable bonds is 6. The van der Waals surface area contributed by atoms with E-state index in [2.05, 4.69) is 37.3 Å². The summed E-state index contributed by atoms with van der Waals surface area (Å²) in [7, 11) is 0. The highest BCUT2D eigenvalue weighted by Crippen LogP contribution is 2.29. The Labute approximate surface area is 130 Å². The summed E-state index contributed by atoms with van der Waals surface area (Å²) in [4.78, 5) is 1.28. The first-order valence-corrected chi connectivity index (χ1v) is 8.26. The minimum Gasteiger partial charge on any atom is -0.327 e. The van der Waals surface area contributed by atoms with Crippen molar-refractivity contribution < 1.29 is 0 Å². The maximum absolute atomic E-state index is 6.11. The van der Waals surface area contributed by atoms with E-state index in [4.69, 9.17) is 17.3 Å². The molecule has 0 saturated heterocycles. The molecule has 0 heterocycles. The smallest absolute Gasteiger partial charge is 0.0409 e. The van der Waals surface area contributed by atoms with Gasteiger partial charge in [0.25, 0.3) is 0 Å². The molecule has 0 aliphatic carbocycles. The van der Waals surface area contributed by atoms with Gasteiger partial charge in [0.1, 0.15) is 0 Å². The molecular formula is C17H20ClNS. The topological polar surface area (TPSA) is 26.0 Å². The van der Waals surface area contributed by atoms with Gasteiger partial charge in [-0.15, -0.1) is 11.8 Å². The van der Waals surface area contributed by atoms with Crippen molar-refractivity contribution in [2.75, 3.05) is 0 Å². The summed E-state index contributed by atoms with van der Waals surface area (Å²) in [6.45, 7) is 2.12. The zero-order valence-corrected chi connectivity index (χ0v) is 13.3. The molecule has 0 aromatic heterocycles. The van der Waals surface area contributed by atoms with Gasteiger partial charge in [-0.1, -0.05) is 48.9 Å². The summed E-state index contributed by atoms with van der Waals surface area (Å²) in [5, 5.41) is 0.785. The number of hydrogen-bond acceptors (Lipinski definition) is 2. The van der Waals surface area contributed by atoms with Crippen LogP contribution in [-0.2, 0) is 12.2 Å². The van der Waals surface area contributed by atoms with E-state index in [9.17, 15) is 0 Å². The van der Waals surface area contributed by atoms with Crippen molar-refractivity contribution in [3.05, 3.63) is 64.7 Å². The molecule has 0 aliphatic heterocycles. The van der Waals surface area contributed by atoms with Gasteiger partial charge in [-0.2, -0.15) is 0 Å². The number of hydrogen-bond donors (Lipinski definition) is 1. The van der Waals surface area contributed by atoms with E-state index in [-0.39, 0.29) is 6.04 Å². The molecule has 0 aliphatic rings. The molecule has 20 heavy (non-hydrogen) atoms. The Bertz CT molecular complexity index is 542. The molecule has 2 aromatic rings. The summed E-state index contributed by atoms with van der Waals surface area (Å²) in [5.74, 6) is 0.969. The fourth-order valence-electron chi connectivity index (χ4n) is 2.01. The molecular weight excluding hydrogens is 286 g/mol. The van der Waals surface area contributed by atoms with Crippen LogP contribution < -0.4 is 5.73 Å². The van der Waals surface area contributed by atoms with Crippen LogP contribution in [0.2, 0.25) is 5.02 Å². The molecule has 3 heteroatoms. The molecule has 2 rings (SSSR count). The van der Waals surface area contributed by atoms with Gasteiger partial charge >= 0.3 is 0 Å². The summed E-state index contributed by atoms with van der Waals surface area (Å²) < 4.78 is 0. The molecule has 106 valence electrons. The normalized spacial score (nSPS) is 12.3. The maximum atomic E-state index is 6.11. The van der Waals surface area contributed by atoms with Crippen LogP contribution in [0.1, 0.15) is 24.5 Å². The molecule has 0 saturated carbocycles. The average molecular weight is 306 g/mol. The van der Waals surface area contributed by atoms with Crippen molar-refractivity contribution in [3.8, 4) is 0 Å². The Morgan fingerprint density at radius 1 is 1.15 bits per heavy atom. The maximum Gasteiger partial charge on any atom is 0.0409 e. The number of nitrogens with two attached hydrogens (primary N) is 1. The highest BCUT2D eigenvalue weighted by molar-refractivity contribution is 7.98. The second-order valence-corrected chi connectivity index (χ2v) is 6.35. The second-order valence-electron chi connectivity index (χ2n) is 4.90. The molecule has 0 bridgehead atoms. The third-order valence-corrected chi connectivity index (χ3v) is 4.69. The van der Waals surface area contributed by atoms with Crippen molar-refractivity contribution in [2.24, 2.45) is 5.73 Å². The SMILES string of the molecule is CCC(N)Cc1cc(Cl)ccc1SCc1ccccc1. The minimum absolute atomic E-state index is 0.199. The number of benzene rings is 2. The molecule has 2 aromatic carbocycles. The van der Waals surface area contributed by atoms with Gasteiger partial charge in [-0.3, -0.25) is 0 Å². The summed E-state index contributed by atoms with van der Waals surface area (Å²) in [6, 6.07) is 16.8. The van der Waals surface area contributed by atoms with Crippen LogP contribution in [0.3, 0.4) is 0 Å². The van der Waals surface area contributed by atoms with Gasteiger partial charge in [0.15, 0.2) is 0 Å². The highest BCUT2D eigenvalue weighted by Gasteiger charge is 2.08. The lowest BCUT2D eigenvalue weighted by Gasteiger charge is -2.13. The number of thioether (sulfide) groups is 1. The average Bonchev–Trinajstić information content (AvgIpc) is 2.47. The predicted molar refractivity (Wildman–Crippen MR) is 89.4 cm³/mol. The molecule has 1 atom stereocenters. The second kappa shape index (κ2) is 7.72. The molecule has 0 spiro atoms. The van der Waals surface area contributed by atoms with Crippen molar-refractivity contribution in [3.63, 3.8) is 0 Å². The first-order valence-electron chi connectivity index (χ1n) is 6.89. The van der Waals surface area contributed by atoms with Crippen molar-refractivity contribution in [1.29, 1.82) is 0 Å². The first kappa shape index (κ1) is 15.4. The molecule has 1 nitrogen and oxygen atoms in total. The molecule has 2 N–H and O–H groups in total. The Hall–Kier alpha value is -0.960. The van der Waals surface area contributed by atoms with E-state index < -0.39 is 0 Å². The standard InChI is InChI=1S/C17H20ClNS/c1-2-16(19)11-14-10-15(18)8-9-17(14)20-12-13-6-4-3-5-7-13/h3-10,16H,2,11-12,19H2,1H3. The van der Waals surface area contributed by atoms with E-state index in [1.165, 1.54) is 16.0 Å². The molecule has 0 fully saturated rings. The summed E-state index contributed by atoms with van der Waals surface area (Å²) >= 11 is 7.96. The zero-order chi connectivity index (χ0) is 14.4. The predicted octanol–water partition coefficient (Wildman–Crippen LogP) is 4.91. The van der Waals surface area contributed by atoms with Gasteiger partial charge in [-0.25, -0.2) is 0 Å². The van der Waals surface area contributed by atoms with Crippen LogP contribution in [0.15, 0.2) is 53.4 Å². The third-order valence-electron chi connectivity index (χ3n) is 3.27. The van der Waals surface area contributed by atoms with Crippen LogP contribution in [-0.4, -0.2) is 6.04 Å². The lowest BCUT2D eigenvalue weighted by Crippen LogP contribution is -2.21. The van der Waals surface area contributed by atoms with Crippen LogP contribution in [0.4, 0.5) is 0 Å². The zero-order valence-electron chi connectivity index (χ0n) is 11.7. The quantitative estimate of drug-likeness (QED) is 0.767. The van der Waals surface area contributed by atoms with Crippen molar-refractivity contribution in [1.82, 2.24) is 0 Å². The largest absolute Gasteiger partial charge is 0.327 e. The van der Waals surface area contributed by atoms with E-state index in [0.717, 1.165) is 23.6 Å². The molecule has 0 radical (unpaired) electrons. The Morgan fingerprint density at radius 3 is 2.60 bits per heavy atom. The monoisotopic (exact) mass is 305 g/mol. The highest BCUT2D eigenvalue weighted by atomic mass is 35.5. The van der Waals surface area contributed by atoms with Crippen LogP contribution >= 0.6 is 23.4 Å². The molecule has 1 unspecified atom stereocenters. The Balaban J connectivity index is 2.10. The minimum atomic E-state index is 0.199. The van der Waals surface area contributed by atoms with Gasteiger partial charge < -0.3 is 5.73 Å². The van der Waals surface area contributed by atoms with Crippen LogP contribution in [0, 0.1) is 0 Å².